The summed E-state index contributed by atoms with van der Waals surface area (Å²) in [6.07, 6.45) is 1.62. The van der Waals surface area contributed by atoms with Crippen LogP contribution in [0, 0.1) is 6.92 Å². The average molecular weight is 473 g/mol. The summed E-state index contributed by atoms with van der Waals surface area (Å²) in [5, 5.41) is 11.3. The van der Waals surface area contributed by atoms with Gasteiger partial charge in [0, 0.05) is 23.1 Å². The first-order valence-electron chi connectivity index (χ1n) is 9.88. The molecule has 0 saturated carbocycles. The molecule has 1 amide bonds. The average Bonchev–Trinajstić information content (AvgIpc) is 2.78. The van der Waals surface area contributed by atoms with E-state index in [1.54, 1.807) is 36.5 Å². The first kappa shape index (κ1) is 22.4. The topological polar surface area (TPSA) is 140 Å². The molecule has 0 atom stereocenters. The summed E-state index contributed by atoms with van der Waals surface area (Å²) >= 11 is 0. The molecule has 10 nitrogen and oxygen atoms in total. The molecule has 33 heavy (non-hydrogen) atoms. The quantitative estimate of drug-likeness (QED) is 0.477. The molecule has 0 fully saturated rings. The van der Waals surface area contributed by atoms with Crippen molar-refractivity contribution in [2.75, 3.05) is 35.4 Å². The third-order valence-electron chi connectivity index (χ3n) is 4.88. The Balaban J connectivity index is 1.56. The number of nitrogens with one attached hydrogen (secondary N) is 2. The van der Waals surface area contributed by atoms with Gasteiger partial charge in [0.25, 0.3) is 5.91 Å². The number of aryl methyl sites for hydroxylation is 1. The maximum Gasteiger partial charge on any atom is 0.265 e. The highest BCUT2D eigenvalue weighted by Crippen LogP contribution is 2.35. The molecule has 0 radical (unpaired) electrons. The number of anilines is 5. The number of amides is 1. The van der Waals surface area contributed by atoms with E-state index in [9.17, 15) is 17.6 Å². The number of ether oxygens (including phenoxy) is 1. The Hall–Kier alpha value is -3.77. The van der Waals surface area contributed by atoms with Crippen LogP contribution in [0.3, 0.4) is 0 Å². The van der Waals surface area contributed by atoms with E-state index >= 15 is 0 Å². The number of fused-ring (bicyclic) bond motifs is 1. The molecule has 0 aliphatic carbocycles. The SMILES string of the molecule is Cc1cnc(Nc2ccc(S(N)(=O)=O)cc2)nc1Nc1ccc2c(c1)N(CCF)C(=O)CO2. The Bertz CT molecular complexity index is 1300. The van der Waals surface area contributed by atoms with Crippen LogP contribution in [-0.2, 0) is 14.8 Å². The van der Waals surface area contributed by atoms with E-state index in [0.717, 1.165) is 5.56 Å². The highest BCUT2D eigenvalue weighted by atomic mass is 32.2. The van der Waals surface area contributed by atoms with Crippen LogP contribution in [-0.4, -0.2) is 44.1 Å². The lowest BCUT2D eigenvalue weighted by Gasteiger charge is -2.29. The third kappa shape index (κ3) is 5.02. The van der Waals surface area contributed by atoms with E-state index < -0.39 is 16.7 Å². The Morgan fingerprint density at radius 2 is 1.88 bits per heavy atom. The first-order valence-corrected chi connectivity index (χ1v) is 11.4. The normalized spacial score (nSPS) is 13.3. The maximum atomic E-state index is 12.9. The minimum absolute atomic E-state index is 0.00287. The van der Waals surface area contributed by atoms with E-state index in [0.29, 0.717) is 28.6 Å². The highest BCUT2D eigenvalue weighted by molar-refractivity contribution is 7.89. The molecule has 12 heteroatoms. The fourth-order valence-electron chi connectivity index (χ4n) is 3.23. The molecule has 2 aromatic carbocycles. The lowest BCUT2D eigenvalue weighted by atomic mass is 10.2. The van der Waals surface area contributed by atoms with E-state index in [2.05, 4.69) is 20.6 Å². The third-order valence-corrected chi connectivity index (χ3v) is 5.81. The molecule has 0 bridgehead atoms. The van der Waals surface area contributed by atoms with Crippen molar-refractivity contribution in [2.24, 2.45) is 5.14 Å². The summed E-state index contributed by atoms with van der Waals surface area (Å²) in [4.78, 5) is 22.2. The molecule has 4 N–H and O–H groups in total. The van der Waals surface area contributed by atoms with Crippen LogP contribution in [0.4, 0.5) is 33.2 Å². The second kappa shape index (κ2) is 9.00. The molecule has 1 aromatic heterocycles. The van der Waals surface area contributed by atoms with Gasteiger partial charge in [0.1, 0.15) is 18.2 Å². The highest BCUT2D eigenvalue weighted by Gasteiger charge is 2.25. The van der Waals surface area contributed by atoms with Gasteiger partial charge in [0.15, 0.2) is 6.61 Å². The molecular formula is C21H21FN6O4S. The van der Waals surface area contributed by atoms with Gasteiger partial charge in [-0.2, -0.15) is 4.98 Å². The number of nitrogens with zero attached hydrogens (tertiary/aromatic N) is 3. The number of primary sulfonamides is 1. The van der Waals surface area contributed by atoms with Crippen molar-refractivity contribution in [3.05, 3.63) is 54.2 Å². The number of alkyl halides is 1. The van der Waals surface area contributed by atoms with Crippen LogP contribution >= 0.6 is 0 Å². The number of carbonyl (C=O) groups is 1. The Kier molecular flexibility index (Phi) is 6.11. The lowest BCUT2D eigenvalue weighted by Crippen LogP contribution is -2.40. The van der Waals surface area contributed by atoms with E-state index in [4.69, 9.17) is 9.88 Å². The number of halogens is 1. The van der Waals surface area contributed by atoms with Crippen molar-refractivity contribution >= 4 is 44.8 Å². The molecule has 1 aliphatic rings. The molecule has 3 aromatic rings. The molecule has 0 unspecified atom stereocenters. The van der Waals surface area contributed by atoms with Gasteiger partial charge >= 0.3 is 0 Å². The summed E-state index contributed by atoms with van der Waals surface area (Å²) in [6, 6.07) is 11.0. The number of sulfonamides is 1. The van der Waals surface area contributed by atoms with Crippen molar-refractivity contribution in [3.63, 3.8) is 0 Å². The zero-order valence-corrected chi connectivity index (χ0v) is 18.4. The number of benzene rings is 2. The Morgan fingerprint density at radius 1 is 1.15 bits per heavy atom. The van der Waals surface area contributed by atoms with Crippen LogP contribution in [0.5, 0.6) is 5.75 Å². The predicted molar refractivity (Wildman–Crippen MR) is 121 cm³/mol. The van der Waals surface area contributed by atoms with Crippen molar-refractivity contribution in [3.8, 4) is 5.75 Å². The van der Waals surface area contributed by atoms with E-state index in [1.165, 1.54) is 17.0 Å². The van der Waals surface area contributed by atoms with Gasteiger partial charge < -0.3 is 20.3 Å². The second-order valence-electron chi connectivity index (χ2n) is 7.25. The Labute approximate surface area is 189 Å². The molecule has 0 spiro atoms. The van der Waals surface area contributed by atoms with Gasteiger partial charge in [-0.3, -0.25) is 4.79 Å². The molecule has 4 rings (SSSR count). The van der Waals surface area contributed by atoms with Crippen LogP contribution < -0.4 is 25.4 Å². The minimum atomic E-state index is -3.78. The second-order valence-corrected chi connectivity index (χ2v) is 8.81. The summed E-state index contributed by atoms with van der Waals surface area (Å²) in [5.74, 6) is 0.976. The van der Waals surface area contributed by atoms with Gasteiger partial charge in [0.05, 0.1) is 17.1 Å². The summed E-state index contributed by atoms with van der Waals surface area (Å²) < 4.78 is 41.2. The maximum absolute atomic E-state index is 12.9. The first-order chi connectivity index (χ1) is 15.7. The van der Waals surface area contributed by atoms with Gasteiger partial charge in [0.2, 0.25) is 16.0 Å². The fraction of sp³-hybridized carbons (Fsp3) is 0.190. The Morgan fingerprint density at radius 3 is 2.58 bits per heavy atom. The summed E-state index contributed by atoms with van der Waals surface area (Å²) in [7, 11) is -3.78. The zero-order chi connectivity index (χ0) is 23.6. The van der Waals surface area contributed by atoms with E-state index in [1.807, 2.05) is 6.92 Å². The van der Waals surface area contributed by atoms with Crippen LogP contribution in [0.15, 0.2) is 53.6 Å². The minimum Gasteiger partial charge on any atom is -0.482 e. The largest absolute Gasteiger partial charge is 0.482 e. The molecule has 172 valence electrons. The van der Waals surface area contributed by atoms with Gasteiger partial charge in [-0.05, 0) is 49.4 Å². The summed E-state index contributed by atoms with van der Waals surface area (Å²) in [5.41, 5.74) is 2.44. The van der Waals surface area contributed by atoms with Crippen molar-refractivity contribution in [2.45, 2.75) is 11.8 Å². The number of aromatic nitrogens is 2. The zero-order valence-electron chi connectivity index (χ0n) is 17.6. The number of rotatable bonds is 7. The number of hydrogen-bond acceptors (Lipinski definition) is 8. The standard InChI is InChI=1S/C21H21FN6O4S/c1-13-11-24-21(26-14-2-5-16(6-3-14)33(23,30)31)27-20(13)25-15-4-7-18-17(10-15)28(9-8-22)19(29)12-32-18/h2-7,10-11H,8-9,12H2,1H3,(H2,23,30,31)(H2,24,25,26,27). The van der Waals surface area contributed by atoms with Crippen molar-refractivity contribution < 1.29 is 22.3 Å². The van der Waals surface area contributed by atoms with Gasteiger partial charge in [-0.15, -0.1) is 0 Å². The molecule has 0 saturated heterocycles. The fourth-order valence-corrected chi connectivity index (χ4v) is 3.75. The van der Waals surface area contributed by atoms with Crippen LogP contribution in [0.1, 0.15) is 5.56 Å². The molecule has 2 heterocycles. The van der Waals surface area contributed by atoms with Gasteiger partial charge in [-0.25, -0.2) is 22.9 Å². The van der Waals surface area contributed by atoms with Gasteiger partial charge in [-0.1, -0.05) is 0 Å². The molecular weight excluding hydrogens is 451 g/mol. The van der Waals surface area contributed by atoms with Crippen molar-refractivity contribution in [1.82, 2.24) is 9.97 Å². The lowest BCUT2D eigenvalue weighted by molar-refractivity contribution is -0.121. The van der Waals surface area contributed by atoms with Crippen LogP contribution in [0.25, 0.3) is 0 Å². The molecule has 1 aliphatic heterocycles. The van der Waals surface area contributed by atoms with Crippen LogP contribution in [0.2, 0.25) is 0 Å². The smallest absolute Gasteiger partial charge is 0.265 e. The monoisotopic (exact) mass is 472 g/mol. The van der Waals surface area contributed by atoms with E-state index in [-0.39, 0.29) is 29.9 Å². The predicted octanol–water partition coefficient (Wildman–Crippen LogP) is 2.61. The number of nitrogens with two attached hydrogens (primary N) is 1. The summed E-state index contributed by atoms with van der Waals surface area (Å²) in [6.45, 7) is 0.982. The van der Waals surface area contributed by atoms with Crippen molar-refractivity contribution in [1.29, 1.82) is 0 Å². The number of carbonyl (C=O) groups excluding carboxylic acids is 1. The number of hydrogen-bond donors (Lipinski definition) is 3.